The van der Waals surface area contributed by atoms with Crippen molar-refractivity contribution in [1.29, 1.82) is 0 Å². The molecule has 0 aromatic heterocycles. The van der Waals surface area contributed by atoms with Gasteiger partial charge in [0, 0.05) is 6.42 Å². The van der Waals surface area contributed by atoms with Gasteiger partial charge in [-0.15, -0.1) is 0 Å². The molecule has 78 heavy (non-hydrogen) atoms. The third-order valence-corrected chi connectivity index (χ3v) is 13.9. The first-order chi connectivity index (χ1) is 38.3. The lowest BCUT2D eigenvalue weighted by atomic mass is 9.99. The van der Waals surface area contributed by atoms with Crippen molar-refractivity contribution in [2.24, 2.45) is 0 Å². The van der Waals surface area contributed by atoms with Crippen LogP contribution in [0.3, 0.4) is 0 Å². The molecule has 0 radical (unpaired) electrons. The van der Waals surface area contributed by atoms with Crippen LogP contribution in [-0.4, -0.2) is 87.5 Å². The van der Waals surface area contributed by atoms with Crippen molar-refractivity contribution in [3.05, 3.63) is 134 Å². The quantitative estimate of drug-likeness (QED) is 0.0261. The first-order valence-electron chi connectivity index (χ1n) is 31.4. The normalized spacial score (nSPS) is 19.6. The van der Waals surface area contributed by atoms with E-state index in [9.17, 15) is 30.3 Å². The average molecular weight is 1090 g/mol. The maximum Gasteiger partial charge on any atom is 0.220 e. The van der Waals surface area contributed by atoms with E-state index in [4.69, 9.17) is 9.47 Å². The fourth-order valence-electron chi connectivity index (χ4n) is 9.03. The molecule has 7 atom stereocenters. The molecule has 6 N–H and O–H groups in total. The molecule has 1 aliphatic rings. The minimum Gasteiger partial charge on any atom is -0.394 e. The Kier molecular flexibility index (Phi) is 52.5. The highest BCUT2D eigenvalue weighted by Gasteiger charge is 2.44. The van der Waals surface area contributed by atoms with Gasteiger partial charge in [0.25, 0.3) is 0 Å². The predicted molar refractivity (Wildman–Crippen MR) is 331 cm³/mol. The zero-order valence-electron chi connectivity index (χ0n) is 49.4. The first-order valence-corrected chi connectivity index (χ1v) is 31.4. The van der Waals surface area contributed by atoms with Crippen LogP contribution in [0.15, 0.2) is 134 Å². The van der Waals surface area contributed by atoms with E-state index in [2.05, 4.69) is 141 Å². The monoisotopic (exact) mass is 1090 g/mol. The van der Waals surface area contributed by atoms with Crippen LogP contribution in [0.5, 0.6) is 0 Å². The summed E-state index contributed by atoms with van der Waals surface area (Å²) in [4.78, 5) is 13.1. The van der Waals surface area contributed by atoms with Gasteiger partial charge in [0.1, 0.15) is 24.4 Å². The highest BCUT2D eigenvalue weighted by atomic mass is 16.7. The smallest absolute Gasteiger partial charge is 0.220 e. The lowest BCUT2D eigenvalue weighted by Crippen LogP contribution is -2.60. The molecule has 1 fully saturated rings. The minimum atomic E-state index is -1.58. The molecule has 0 saturated carbocycles. The summed E-state index contributed by atoms with van der Waals surface area (Å²) < 4.78 is 11.2. The Morgan fingerprint density at radius 1 is 0.449 bits per heavy atom. The third-order valence-electron chi connectivity index (χ3n) is 13.9. The largest absolute Gasteiger partial charge is 0.394 e. The molecule has 1 heterocycles. The first kappa shape index (κ1) is 72.3. The van der Waals surface area contributed by atoms with E-state index in [1.807, 2.05) is 6.08 Å². The lowest BCUT2D eigenvalue weighted by molar-refractivity contribution is -0.302. The zero-order valence-corrected chi connectivity index (χ0v) is 49.4. The van der Waals surface area contributed by atoms with E-state index in [0.717, 1.165) is 103 Å². The van der Waals surface area contributed by atoms with E-state index < -0.39 is 49.5 Å². The van der Waals surface area contributed by atoms with Gasteiger partial charge in [-0.25, -0.2) is 0 Å². The standard InChI is InChI=1S/C69H115NO8/c1-3-5-7-9-11-13-15-17-19-21-22-23-24-25-26-27-28-29-30-31-32-33-34-35-36-37-38-39-40-41-42-43-45-47-49-51-53-55-57-59-65(73)70-62(61-77-69-68(76)67(75)66(74)64(60-71)78-69)63(72)58-56-54-52-50-48-46-44-20-18-16-14-12-10-8-6-4-2/h5,7,11,13,17-20,22-23,25-26,28-29,31-32,34-35,48,50,56,58,62-64,66-69,71-72,74-76H,3-4,6,8-10,12,14-16,21,24,27,30,33,36-47,49,51-55,57,59-61H2,1-2H3,(H,70,73)/b7-5-,13-11-,19-17-,20-18+,23-22-,26-25-,29-28-,32-31-,35-34-,50-48+,58-56+. The molecule has 1 aliphatic heterocycles. The summed E-state index contributed by atoms with van der Waals surface area (Å²) in [6.45, 7) is 3.62. The molecule has 0 aromatic carbocycles. The van der Waals surface area contributed by atoms with Gasteiger partial charge < -0.3 is 40.3 Å². The topological polar surface area (TPSA) is 149 Å². The summed E-state index contributed by atoms with van der Waals surface area (Å²) in [6, 6.07) is -0.836. The number of rotatable bonds is 52. The van der Waals surface area contributed by atoms with Gasteiger partial charge in [0.2, 0.25) is 5.91 Å². The number of amides is 1. The zero-order chi connectivity index (χ0) is 56.5. The molecule has 9 nitrogen and oxygen atoms in total. The fourth-order valence-corrected chi connectivity index (χ4v) is 9.03. The van der Waals surface area contributed by atoms with E-state index in [1.165, 1.54) is 116 Å². The Bertz CT molecular complexity index is 1690. The Morgan fingerprint density at radius 3 is 1.23 bits per heavy atom. The minimum absolute atomic E-state index is 0.196. The molecule has 444 valence electrons. The van der Waals surface area contributed by atoms with E-state index in [0.29, 0.717) is 6.42 Å². The van der Waals surface area contributed by atoms with E-state index in [1.54, 1.807) is 6.08 Å². The number of aliphatic hydroxyl groups is 5. The van der Waals surface area contributed by atoms with Crippen LogP contribution < -0.4 is 5.32 Å². The maximum absolute atomic E-state index is 13.1. The lowest BCUT2D eigenvalue weighted by Gasteiger charge is -2.40. The SMILES string of the molecule is CC/C=C\C/C=C\C/C=C\C/C=C\C/C=C\C/C=C\C/C=C\C/C=C\CCCCCCCCCCCCCCCCC(=O)NC(COC1OC(CO)C(O)C(O)C1O)C(O)/C=C/CC/C=C/CC/C=C/CCCCCCCC. The van der Waals surface area contributed by atoms with Gasteiger partial charge in [-0.05, 0) is 109 Å². The number of hydrogen-bond acceptors (Lipinski definition) is 8. The number of unbranched alkanes of at least 4 members (excludes halogenated alkanes) is 22. The summed E-state index contributed by atoms with van der Waals surface area (Å²) in [5, 5.41) is 54.5. The van der Waals surface area contributed by atoms with Gasteiger partial charge in [0.05, 0.1) is 25.4 Å². The van der Waals surface area contributed by atoms with Gasteiger partial charge in [-0.3, -0.25) is 4.79 Å². The average Bonchev–Trinajstić information content (AvgIpc) is 3.45. The molecule has 7 unspecified atom stereocenters. The molecular formula is C69H115NO8. The molecule has 0 spiro atoms. The summed E-state index contributed by atoms with van der Waals surface area (Å²) >= 11 is 0. The summed E-state index contributed by atoms with van der Waals surface area (Å²) in [6.07, 6.45) is 79.6. The van der Waals surface area contributed by atoms with Crippen molar-refractivity contribution >= 4 is 5.91 Å². The van der Waals surface area contributed by atoms with Crippen LogP contribution in [-0.2, 0) is 14.3 Å². The predicted octanol–water partition coefficient (Wildman–Crippen LogP) is 16.5. The number of nitrogens with one attached hydrogen (secondary N) is 1. The summed E-state index contributed by atoms with van der Waals surface area (Å²) in [5.41, 5.74) is 0. The summed E-state index contributed by atoms with van der Waals surface area (Å²) in [5.74, 6) is -0.196. The van der Waals surface area contributed by atoms with Crippen LogP contribution in [0, 0.1) is 0 Å². The van der Waals surface area contributed by atoms with E-state index >= 15 is 0 Å². The molecule has 0 aromatic rings. The molecule has 9 heteroatoms. The number of ether oxygens (including phenoxy) is 2. The van der Waals surface area contributed by atoms with Gasteiger partial charge in [-0.2, -0.15) is 0 Å². The van der Waals surface area contributed by atoms with Crippen LogP contribution in [0.2, 0.25) is 0 Å². The molecule has 0 bridgehead atoms. The van der Waals surface area contributed by atoms with Crippen LogP contribution >= 0.6 is 0 Å². The van der Waals surface area contributed by atoms with Gasteiger partial charge in [0.15, 0.2) is 6.29 Å². The number of aliphatic hydroxyl groups excluding tert-OH is 5. The Labute approximate surface area is 477 Å². The Morgan fingerprint density at radius 2 is 0.808 bits per heavy atom. The highest BCUT2D eigenvalue weighted by Crippen LogP contribution is 2.23. The molecule has 1 saturated heterocycles. The number of carbonyl (C=O) groups excluding carboxylic acids is 1. The Balaban J connectivity index is 2.14. The van der Waals surface area contributed by atoms with Crippen molar-refractivity contribution in [1.82, 2.24) is 5.32 Å². The van der Waals surface area contributed by atoms with Crippen LogP contribution in [0.1, 0.15) is 239 Å². The van der Waals surface area contributed by atoms with Crippen molar-refractivity contribution in [2.45, 2.75) is 281 Å². The molecule has 1 amide bonds. The second-order valence-corrected chi connectivity index (χ2v) is 21.1. The highest BCUT2D eigenvalue weighted by molar-refractivity contribution is 5.76. The molecular weight excluding hydrogens is 971 g/mol. The third kappa shape index (κ3) is 45.1. The van der Waals surface area contributed by atoms with E-state index in [-0.39, 0.29) is 12.5 Å². The Hall–Kier alpha value is -3.67. The van der Waals surface area contributed by atoms with Crippen molar-refractivity contribution in [3.63, 3.8) is 0 Å². The van der Waals surface area contributed by atoms with Crippen LogP contribution in [0.4, 0.5) is 0 Å². The number of carbonyl (C=O) groups is 1. The van der Waals surface area contributed by atoms with Crippen molar-refractivity contribution < 1.29 is 39.8 Å². The summed E-state index contributed by atoms with van der Waals surface area (Å²) in [7, 11) is 0. The molecule has 1 rings (SSSR count). The van der Waals surface area contributed by atoms with Crippen LogP contribution in [0.25, 0.3) is 0 Å². The second-order valence-electron chi connectivity index (χ2n) is 21.1. The van der Waals surface area contributed by atoms with Crippen molar-refractivity contribution in [3.8, 4) is 0 Å². The van der Waals surface area contributed by atoms with Gasteiger partial charge in [-0.1, -0.05) is 257 Å². The fraction of sp³-hybridized carbons (Fsp3) is 0.667. The number of hydrogen-bond donors (Lipinski definition) is 6. The van der Waals surface area contributed by atoms with Crippen molar-refractivity contribution in [2.75, 3.05) is 13.2 Å². The second kappa shape index (κ2) is 56.6. The maximum atomic E-state index is 13.1. The number of allylic oxidation sites excluding steroid dienone is 21. The van der Waals surface area contributed by atoms with Gasteiger partial charge >= 0.3 is 0 Å². The molecule has 0 aliphatic carbocycles.